The average Bonchev–Trinajstić information content (AvgIpc) is 3.03. The first-order chi connectivity index (χ1) is 22.8. The normalized spacial score (nSPS) is 12.6. The van der Waals surface area contributed by atoms with E-state index in [9.17, 15) is 49.9 Å². The second-order valence-corrected chi connectivity index (χ2v) is 11.2. The Morgan fingerprint density at radius 1 is 0.837 bits per heavy atom. The topological polar surface area (TPSA) is 142 Å². The van der Waals surface area contributed by atoms with Gasteiger partial charge >= 0.3 is 24.0 Å². The van der Waals surface area contributed by atoms with Crippen LogP contribution in [-0.4, -0.2) is 60.3 Å². The van der Waals surface area contributed by atoms with Crippen molar-refractivity contribution in [2.75, 3.05) is 23.3 Å². The van der Waals surface area contributed by atoms with E-state index < -0.39 is 53.3 Å². The molecule has 264 valence electrons. The van der Waals surface area contributed by atoms with Crippen molar-refractivity contribution in [3.63, 3.8) is 0 Å². The van der Waals surface area contributed by atoms with Gasteiger partial charge in [-0.05, 0) is 68.1 Å². The summed E-state index contributed by atoms with van der Waals surface area (Å²) in [6, 6.07) is 13.2. The first-order valence-electron chi connectivity index (χ1n) is 14.8. The number of nitrogens with zero attached hydrogens (tertiary/aromatic N) is 1. The number of carboxylic acids is 1. The summed E-state index contributed by atoms with van der Waals surface area (Å²) in [5.41, 5.74) is -2.19. The smallest absolute Gasteiger partial charge is 0.435 e. The third-order valence-corrected chi connectivity index (χ3v) is 7.53. The van der Waals surface area contributed by atoms with Gasteiger partial charge in [0, 0.05) is 47.6 Å². The Labute approximate surface area is 276 Å². The Hall–Kier alpha value is -4.99. The van der Waals surface area contributed by atoms with Gasteiger partial charge in [-0.15, -0.1) is 0 Å². The molecule has 0 saturated carbocycles. The van der Waals surface area contributed by atoms with Crippen LogP contribution in [0.4, 0.5) is 42.1 Å². The maximum atomic E-state index is 14.7. The second kappa shape index (κ2) is 15.5. The highest BCUT2D eigenvalue weighted by molar-refractivity contribution is 6.09. The molecule has 0 fully saturated rings. The number of amides is 3. The Kier molecular flexibility index (Phi) is 12.2. The summed E-state index contributed by atoms with van der Waals surface area (Å²) >= 11 is 0. The van der Waals surface area contributed by atoms with Crippen molar-refractivity contribution in [2.45, 2.75) is 57.2 Å². The number of carbonyl (C=O) groups excluding carboxylic acids is 3. The third-order valence-electron chi connectivity index (χ3n) is 7.53. The van der Waals surface area contributed by atoms with Crippen molar-refractivity contribution in [1.82, 2.24) is 5.32 Å². The summed E-state index contributed by atoms with van der Waals surface area (Å²) in [6.45, 7) is 2.21. The van der Waals surface area contributed by atoms with Crippen LogP contribution in [-0.2, 0) is 15.3 Å². The van der Waals surface area contributed by atoms with Crippen LogP contribution in [0.1, 0.15) is 56.7 Å². The Morgan fingerprint density at radius 2 is 1.41 bits per heavy atom. The van der Waals surface area contributed by atoms with Crippen molar-refractivity contribution < 1.29 is 55.0 Å². The number of aliphatic carboxylic acids is 1. The summed E-state index contributed by atoms with van der Waals surface area (Å²) in [4.78, 5) is 51.4. The van der Waals surface area contributed by atoms with Crippen molar-refractivity contribution in [2.24, 2.45) is 5.73 Å². The summed E-state index contributed by atoms with van der Waals surface area (Å²) in [7, 11) is 0. The van der Waals surface area contributed by atoms with E-state index in [1.54, 1.807) is 18.2 Å². The lowest BCUT2D eigenvalue weighted by Gasteiger charge is -2.31. The molecule has 1 unspecified atom stereocenters. The number of nitrogens with one attached hydrogen (secondary N) is 2. The van der Waals surface area contributed by atoms with Crippen molar-refractivity contribution in [3.05, 3.63) is 94.5 Å². The van der Waals surface area contributed by atoms with Gasteiger partial charge in [-0.25, -0.2) is 4.39 Å². The molecule has 3 amide bonds. The second-order valence-electron chi connectivity index (χ2n) is 11.2. The van der Waals surface area contributed by atoms with Gasteiger partial charge < -0.3 is 26.4 Å². The Bertz CT molecular complexity index is 1640. The molecule has 9 nitrogen and oxygen atoms in total. The zero-order chi connectivity index (χ0) is 36.7. The van der Waals surface area contributed by atoms with Crippen molar-refractivity contribution in [3.8, 4) is 0 Å². The number of nitrogens with two attached hydrogens (primary N) is 1. The van der Waals surface area contributed by atoms with Crippen molar-refractivity contribution >= 4 is 35.1 Å². The molecular weight excluding hydrogens is 665 g/mol. The van der Waals surface area contributed by atoms with E-state index >= 15 is 0 Å². The fourth-order valence-corrected chi connectivity index (χ4v) is 4.91. The quantitative estimate of drug-likeness (QED) is 0.124. The number of hydrogen-bond acceptors (Lipinski definition) is 5. The molecule has 0 spiro atoms. The van der Waals surface area contributed by atoms with Gasteiger partial charge in [0.15, 0.2) is 0 Å². The largest absolute Gasteiger partial charge is 0.480 e. The van der Waals surface area contributed by atoms with Gasteiger partial charge in [0.25, 0.3) is 11.8 Å². The van der Waals surface area contributed by atoms with E-state index in [0.717, 1.165) is 13.8 Å². The van der Waals surface area contributed by atoms with E-state index in [0.29, 0.717) is 18.6 Å². The van der Waals surface area contributed by atoms with Crippen LogP contribution in [0.5, 0.6) is 0 Å². The highest BCUT2D eigenvalue weighted by atomic mass is 19.4. The first kappa shape index (κ1) is 38.5. The lowest BCUT2D eigenvalue weighted by molar-refractivity contribution is -0.348. The van der Waals surface area contributed by atoms with E-state index in [-0.39, 0.29) is 59.6 Å². The molecule has 0 heterocycles. The number of carboxylic acid groups (broad SMARTS) is 1. The number of anilines is 2. The molecular formula is C33H33F7N4O5. The first-order valence-corrected chi connectivity index (χ1v) is 14.8. The van der Waals surface area contributed by atoms with Gasteiger partial charge in [-0.1, -0.05) is 36.4 Å². The summed E-state index contributed by atoms with van der Waals surface area (Å²) < 4.78 is 94.7. The molecule has 0 saturated heterocycles. The van der Waals surface area contributed by atoms with Crippen LogP contribution >= 0.6 is 0 Å². The zero-order valence-electron chi connectivity index (χ0n) is 26.2. The summed E-state index contributed by atoms with van der Waals surface area (Å²) in [5, 5.41) is 13.9. The van der Waals surface area contributed by atoms with Crippen LogP contribution < -0.4 is 21.3 Å². The number of hydrogen-bond donors (Lipinski definition) is 4. The van der Waals surface area contributed by atoms with Crippen LogP contribution in [0, 0.1) is 13.8 Å². The number of aryl methyl sites for hydroxylation is 2. The summed E-state index contributed by atoms with van der Waals surface area (Å²) in [5.74, 6) is -2.99. The molecule has 16 heteroatoms. The Morgan fingerprint density at radius 3 is 1.96 bits per heavy atom. The molecule has 0 aliphatic heterocycles. The monoisotopic (exact) mass is 698 g/mol. The molecule has 0 aromatic heterocycles. The van der Waals surface area contributed by atoms with E-state index in [4.69, 9.17) is 10.8 Å². The predicted octanol–water partition coefficient (Wildman–Crippen LogP) is 6.19. The molecule has 0 aliphatic carbocycles. The fraction of sp³-hybridized carbons (Fsp3) is 0.333. The molecule has 3 aromatic carbocycles. The summed E-state index contributed by atoms with van der Waals surface area (Å²) in [6.07, 6.45) is -12.4. The SMILES string of the molecule is Cc1cc(C(F)(C(F)(F)F)C(F)(F)F)cc(C)c1NC(=O)c1cccc(N(CCC(=O)NCCCC(N)C(=O)O)C(=O)c2ccccc2)c1. The third kappa shape index (κ3) is 9.13. The number of rotatable bonds is 13. The number of alkyl halides is 7. The number of carbonyl (C=O) groups is 4. The lowest BCUT2D eigenvalue weighted by Crippen LogP contribution is -2.50. The number of benzene rings is 3. The molecule has 5 N–H and O–H groups in total. The van der Waals surface area contributed by atoms with E-state index in [2.05, 4.69) is 10.6 Å². The zero-order valence-corrected chi connectivity index (χ0v) is 26.2. The van der Waals surface area contributed by atoms with Crippen LogP contribution in [0.15, 0.2) is 66.7 Å². The Balaban J connectivity index is 1.85. The standard InChI is InChI=1S/C33H33F7N4O5/c1-19-16-23(31(34,32(35,36)37)33(38,39)40)17-20(2)27(19)43-28(46)22-10-6-11-24(18-22)44(29(47)21-8-4-3-5-9-21)15-13-26(45)42-14-7-12-25(41)30(48)49/h3-6,8-11,16-18,25H,7,12-15,41H2,1-2H3,(H,42,45)(H,43,46)(H,48,49). The fourth-order valence-electron chi connectivity index (χ4n) is 4.91. The minimum Gasteiger partial charge on any atom is -0.480 e. The van der Waals surface area contributed by atoms with Gasteiger partial charge in [0.1, 0.15) is 6.04 Å². The lowest BCUT2D eigenvalue weighted by atomic mass is 9.90. The predicted molar refractivity (Wildman–Crippen MR) is 166 cm³/mol. The van der Waals surface area contributed by atoms with Crippen LogP contribution in [0.3, 0.4) is 0 Å². The molecule has 3 rings (SSSR count). The van der Waals surface area contributed by atoms with Crippen LogP contribution in [0.2, 0.25) is 0 Å². The van der Waals surface area contributed by atoms with Crippen molar-refractivity contribution in [1.29, 1.82) is 0 Å². The highest BCUT2D eigenvalue weighted by Crippen LogP contribution is 2.53. The van der Waals surface area contributed by atoms with Crippen LogP contribution in [0.25, 0.3) is 0 Å². The average molecular weight is 699 g/mol. The minimum absolute atomic E-state index is 0.0594. The van der Waals surface area contributed by atoms with E-state index in [1.807, 2.05) is 0 Å². The minimum atomic E-state index is -6.31. The molecule has 3 aromatic rings. The maximum absolute atomic E-state index is 14.7. The molecule has 0 radical (unpaired) electrons. The van der Waals surface area contributed by atoms with Gasteiger partial charge in [0.05, 0.1) is 0 Å². The number of halogens is 7. The molecule has 49 heavy (non-hydrogen) atoms. The molecule has 1 atom stereocenters. The molecule has 0 bridgehead atoms. The van der Waals surface area contributed by atoms with E-state index in [1.165, 1.54) is 41.3 Å². The van der Waals surface area contributed by atoms with Gasteiger partial charge in [-0.3, -0.25) is 19.2 Å². The van der Waals surface area contributed by atoms with Gasteiger partial charge in [-0.2, -0.15) is 26.3 Å². The van der Waals surface area contributed by atoms with Gasteiger partial charge in [0.2, 0.25) is 5.91 Å². The maximum Gasteiger partial charge on any atom is 0.435 e. The highest BCUT2D eigenvalue weighted by Gasteiger charge is 2.73. The molecule has 0 aliphatic rings.